The third-order valence-electron chi connectivity index (χ3n) is 6.64. The van der Waals surface area contributed by atoms with Crippen molar-refractivity contribution in [3.63, 3.8) is 0 Å². The van der Waals surface area contributed by atoms with Crippen LogP contribution >= 0.6 is 0 Å². The molecule has 1 aromatic rings. The molecule has 4 unspecified atom stereocenters. The van der Waals surface area contributed by atoms with E-state index < -0.39 is 0 Å². The first kappa shape index (κ1) is 15.7. The molecule has 4 heterocycles. The Balaban J connectivity index is 1.27. The van der Waals surface area contributed by atoms with Crippen LogP contribution in [0.15, 0.2) is 27.8 Å². The van der Waals surface area contributed by atoms with Gasteiger partial charge in [0.25, 0.3) is 0 Å². The SMILES string of the molecule is c1coc(CCN=C(NC2CCCC2)N2CC3C4CCC(O4)C3C2)c1. The van der Waals surface area contributed by atoms with Gasteiger partial charge in [0.1, 0.15) is 5.76 Å². The third kappa shape index (κ3) is 3.07. The van der Waals surface area contributed by atoms with Crippen molar-refractivity contribution >= 4 is 5.96 Å². The van der Waals surface area contributed by atoms with Gasteiger partial charge in [-0.3, -0.25) is 4.99 Å². The van der Waals surface area contributed by atoms with E-state index in [4.69, 9.17) is 14.1 Å². The number of furan rings is 1. The monoisotopic (exact) mass is 343 g/mol. The second-order valence-electron chi connectivity index (χ2n) is 8.18. The Kier molecular flexibility index (Phi) is 4.20. The van der Waals surface area contributed by atoms with Crippen LogP contribution in [0.5, 0.6) is 0 Å². The van der Waals surface area contributed by atoms with Crippen molar-refractivity contribution in [1.82, 2.24) is 10.2 Å². The Morgan fingerprint density at radius 3 is 2.56 bits per heavy atom. The van der Waals surface area contributed by atoms with Crippen molar-refractivity contribution in [3.8, 4) is 0 Å². The van der Waals surface area contributed by atoms with Gasteiger partial charge in [-0.25, -0.2) is 0 Å². The molecule has 4 atom stereocenters. The Morgan fingerprint density at radius 2 is 1.88 bits per heavy atom. The average Bonchev–Trinajstić information content (AvgIpc) is 3.41. The summed E-state index contributed by atoms with van der Waals surface area (Å²) >= 11 is 0. The van der Waals surface area contributed by atoms with Crippen LogP contribution in [-0.4, -0.2) is 48.7 Å². The molecule has 1 saturated carbocycles. The minimum absolute atomic E-state index is 0.510. The number of ether oxygens (including phenoxy) is 1. The van der Waals surface area contributed by atoms with E-state index in [1.54, 1.807) is 6.26 Å². The number of nitrogens with zero attached hydrogens (tertiary/aromatic N) is 2. The standard InChI is InChI=1S/C20H29N3O2/c1-2-5-14(4-1)22-20(21-10-9-15-6-3-11-24-15)23-12-16-17(13-23)19-8-7-18(16)25-19/h3,6,11,14,16-19H,1-2,4-5,7-10,12-13H2,(H,21,22). The number of fused-ring (bicyclic) bond motifs is 5. The number of guanidine groups is 1. The predicted molar refractivity (Wildman–Crippen MR) is 96.6 cm³/mol. The number of nitrogens with one attached hydrogen (secondary N) is 1. The first-order valence-electron chi connectivity index (χ1n) is 10.1. The lowest BCUT2D eigenvalue weighted by molar-refractivity contribution is 0.0766. The molecule has 0 amide bonds. The average molecular weight is 343 g/mol. The first-order chi connectivity index (χ1) is 12.4. The van der Waals surface area contributed by atoms with Gasteiger partial charge in [0.15, 0.2) is 5.96 Å². The predicted octanol–water partition coefficient (Wildman–Crippen LogP) is 2.82. The van der Waals surface area contributed by atoms with E-state index in [0.717, 1.165) is 49.6 Å². The maximum Gasteiger partial charge on any atom is 0.194 e. The van der Waals surface area contributed by atoms with Crippen LogP contribution in [0.1, 0.15) is 44.3 Å². The summed E-state index contributed by atoms with van der Waals surface area (Å²) < 4.78 is 11.6. The topological polar surface area (TPSA) is 50.0 Å². The van der Waals surface area contributed by atoms with Crippen molar-refractivity contribution in [1.29, 1.82) is 0 Å². The van der Waals surface area contributed by atoms with Crippen LogP contribution in [0.4, 0.5) is 0 Å². The molecule has 5 nitrogen and oxygen atoms in total. The minimum atomic E-state index is 0.510. The summed E-state index contributed by atoms with van der Waals surface area (Å²) in [6.45, 7) is 3.02. The number of hydrogen-bond acceptors (Lipinski definition) is 3. The van der Waals surface area contributed by atoms with E-state index in [1.807, 2.05) is 12.1 Å². The summed E-state index contributed by atoms with van der Waals surface area (Å²) in [4.78, 5) is 7.49. The Hall–Kier alpha value is -1.49. The molecule has 3 saturated heterocycles. The van der Waals surface area contributed by atoms with Crippen molar-refractivity contribution < 1.29 is 9.15 Å². The molecule has 0 aromatic carbocycles. The molecule has 1 aliphatic carbocycles. The summed E-state index contributed by atoms with van der Waals surface area (Å²) in [6, 6.07) is 4.60. The zero-order chi connectivity index (χ0) is 16.6. The van der Waals surface area contributed by atoms with E-state index in [-0.39, 0.29) is 0 Å². The van der Waals surface area contributed by atoms with Gasteiger partial charge in [-0.1, -0.05) is 12.8 Å². The number of hydrogen-bond donors (Lipinski definition) is 1. The van der Waals surface area contributed by atoms with Gasteiger partial charge < -0.3 is 19.4 Å². The molecule has 4 fully saturated rings. The Morgan fingerprint density at radius 1 is 1.12 bits per heavy atom. The third-order valence-corrected chi connectivity index (χ3v) is 6.64. The molecular formula is C20H29N3O2. The normalized spacial score (nSPS) is 34.9. The van der Waals surface area contributed by atoms with Crippen LogP contribution in [0.3, 0.4) is 0 Å². The van der Waals surface area contributed by atoms with Gasteiger partial charge in [0.05, 0.1) is 18.5 Å². The summed E-state index contributed by atoms with van der Waals surface area (Å²) in [6.07, 6.45) is 11.4. The molecule has 3 aliphatic heterocycles. The minimum Gasteiger partial charge on any atom is -0.469 e. The highest BCUT2D eigenvalue weighted by molar-refractivity contribution is 5.80. The highest BCUT2D eigenvalue weighted by Crippen LogP contribution is 2.47. The lowest BCUT2D eigenvalue weighted by Crippen LogP contribution is -2.45. The van der Waals surface area contributed by atoms with E-state index in [0.29, 0.717) is 18.2 Å². The zero-order valence-corrected chi connectivity index (χ0v) is 14.9. The maximum atomic E-state index is 6.13. The van der Waals surface area contributed by atoms with E-state index >= 15 is 0 Å². The van der Waals surface area contributed by atoms with Gasteiger partial charge in [-0.05, 0) is 37.8 Å². The van der Waals surface area contributed by atoms with Gasteiger partial charge in [0, 0.05) is 43.9 Å². The molecular weight excluding hydrogens is 314 g/mol. The Bertz CT molecular complexity index is 590. The van der Waals surface area contributed by atoms with E-state index in [9.17, 15) is 0 Å². The molecule has 2 bridgehead atoms. The molecule has 1 N–H and O–H groups in total. The molecule has 5 heteroatoms. The number of rotatable bonds is 4. The summed E-state index contributed by atoms with van der Waals surface area (Å²) in [5.74, 6) is 3.60. The van der Waals surface area contributed by atoms with Gasteiger partial charge >= 0.3 is 0 Å². The van der Waals surface area contributed by atoms with E-state index in [2.05, 4.69) is 10.2 Å². The van der Waals surface area contributed by atoms with Crippen LogP contribution in [0, 0.1) is 11.8 Å². The maximum absolute atomic E-state index is 6.13. The highest BCUT2D eigenvalue weighted by atomic mass is 16.5. The van der Waals surface area contributed by atoms with Crippen molar-refractivity contribution in [2.75, 3.05) is 19.6 Å². The molecule has 0 radical (unpaired) electrons. The molecule has 5 rings (SSSR count). The first-order valence-corrected chi connectivity index (χ1v) is 10.1. The zero-order valence-electron chi connectivity index (χ0n) is 14.9. The smallest absolute Gasteiger partial charge is 0.194 e. The summed E-state index contributed by atoms with van der Waals surface area (Å²) in [7, 11) is 0. The fraction of sp³-hybridized carbons (Fsp3) is 0.750. The summed E-state index contributed by atoms with van der Waals surface area (Å²) in [5.41, 5.74) is 0. The van der Waals surface area contributed by atoms with Gasteiger partial charge in [-0.2, -0.15) is 0 Å². The van der Waals surface area contributed by atoms with Gasteiger partial charge in [0.2, 0.25) is 0 Å². The fourth-order valence-electron chi connectivity index (χ4n) is 5.35. The van der Waals surface area contributed by atoms with Crippen molar-refractivity contribution in [2.24, 2.45) is 16.8 Å². The van der Waals surface area contributed by atoms with Crippen LogP contribution in [-0.2, 0) is 11.2 Å². The van der Waals surface area contributed by atoms with Crippen LogP contribution in [0.2, 0.25) is 0 Å². The molecule has 1 aromatic heterocycles. The number of aliphatic imine (C=N–C) groups is 1. The second kappa shape index (κ2) is 6.67. The second-order valence-corrected chi connectivity index (χ2v) is 8.18. The molecule has 0 spiro atoms. The van der Waals surface area contributed by atoms with Crippen molar-refractivity contribution in [3.05, 3.63) is 24.2 Å². The fourth-order valence-corrected chi connectivity index (χ4v) is 5.35. The Labute approximate surface area is 149 Å². The molecule has 25 heavy (non-hydrogen) atoms. The lowest BCUT2D eigenvalue weighted by Gasteiger charge is -2.26. The van der Waals surface area contributed by atoms with Crippen LogP contribution in [0.25, 0.3) is 0 Å². The molecule has 4 aliphatic rings. The quantitative estimate of drug-likeness (QED) is 0.675. The largest absolute Gasteiger partial charge is 0.469 e. The lowest BCUT2D eigenvalue weighted by atomic mass is 9.82. The van der Waals surface area contributed by atoms with E-state index in [1.165, 1.54) is 38.5 Å². The number of likely N-dealkylation sites (tertiary alicyclic amines) is 1. The van der Waals surface area contributed by atoms with Crippen molar-refractivity contribution in [2.45, 2.75) is 63.2 Å². The molecule has 136 valence electrons. The van der Waals surface area contributed by atoms with Crippen LogP contribution < -0.4 is 5.32 Å². The van der Waals surface area contributed by atoms with Gasteiger partial charge in [-0.15, -0.1) is 0 Å². The highest BCUT2D eigenvalue weighted by Gasteiger charge is 2.53. The summed E-state index contributed by atoms with van der Waals surface area (Å²) in [5, 5.41) is 3.78.